The maximum atomic E-state index is 5.85. The van der Waals surface area contributed by atoms with Crippen molar-refractivity contribution in [2.75, 3.05) is 12.0 Å². The first kappa shape index (κ1) is 9.33. The van der Waals surface area contributed by atoms with Gasteiger partial charge in [0.25, 0.3) is 0 Å². The Morgan fingerprint density at radius 2 is 1.92 bits per heavy atom. The number of benzene rings is 1. The van der Waals surface area contributed by atoms with Gasteiger partial charge in [-0.3, -0.25) is 5.41 Å². The first-order chi connectivity index (χ1) is 5.74. The number of hydrogen-bond donors (Lipinski definition) is 1. The Labute approximate surface area is 77.7 Å². The molecule has 0 unspecified atom stereocenters. The molecule has 0 bridgehead atoms. The van der Waals surface area contributed by atoms with Crippen LogP contribution < -0.4 is 5.41 Å². The van der Waals surface area contributed by atoms with E-state index < -0.39 is 0 Å². The Morgan fingerprint density at radius 3 is 2.42 bits per heavy atom. The molecule has 0 radical (unpaired) electrons. The molecule has 12 heavy (non-hydrogen) atoms. The summed E-state index contributed by atoms with van der Waals surface area (Å²) in [6.07, 6.45) is 2.06. The third kappa shape index (κ3) is 2.38. The van der Waals surface area contributed by atoms with Crippen molar-refractivity contribution in [2.24, 2.45) is 0 Å². The van der Waals surface area contributed by atoms with Crippen LogP contribution in [0, 0.1) is 6.92 Å². The van der Waals surface area contributed by atoms with Crippen LogP contribution in [0.4, 0.5) is 0 Å². The van der Waals surface area contributed by atoms with E-state index in [4.69, 9.17) is 5.41 Å². The largest absolute Gasteiger partial charge is 0.257 e. The maximum Gasteiger partial charge on any atom is 0.190 e. The summed E-state index contributed by atoms with van der Waals surface area (Å²) in [7, 11) is 0. The zero-order valence-corrected chi connectivity index (χ0v) is 8.32. The SMILES string of the molecule is CSCC(=[NH2+])c1ccc(C)cc1. The van der Waals surface area contributed by atoms with Crippen LogP contribution in [0.25, 0.3) is 0 Å². The Morgan fingerprint density at radius 1 is 1.33 bits per heavy atom. The minimum Gasteiger partial charge on any atom is -0.257 e. The highest BCUT2D eigenvalue weighted by atomic mass is 32.2. The topological polar surface area (TPSA) is 25.6 Å². The van der Waals surface area contributed by atoms with Crippen molar-refractivity contribution in [1.82, 2.24) is 0 Å². The van der Waals surface area contributed by atoms with Gasteiger partial charge in [0.1, 0.15) is 0 Å². The van der Waals surface area contributed by atoms with E-state index in [9.17, 15) is 0 Å². The molecular formula is C10H14NS+. The Bertz CT molecular complexity index is 264. The number of hydrogen-bond acceptors (Lipinski definition) is 1. The lowest BCUT2D eigenvalue weighted by molar-refractivity contribution is -0.112. The summed E-state index contributed by atoms with van der Waals surface area (Å²) in [6, 6.07) is 8.31. The number of nitrogens with two attached hydrogens (primary N) is 1. The monoisotopic (exact) mass is 180 g/mol. The van der Waals surface area contributed by atoms with E-state index in [1.165, 1.54) is 5.56 Å². The van der Waals surface area contributed by atoms with Gasteiger partial charge in [-0.2, -0.15) is 11.8 Å². The minimum absolute atomic E-state index is 0.906. The summed E-state index contributed by atoms with van der Waals surface area (Å²) in [5, 5.41) is 5.85. The molecular weight excluding hydrogens is 166 g/mol. The van der Waals surface area contributed by atoms with Gasteiger partial charge in [-0.05, 0) is 25.3 Å². The molecule has 0 aliphatic rings. The van der Waals surface area contributed by atoms with Gasteiger partial charge in [-0.25, -0.2) is 0 Å². The fourth-order valence-electron chi connectivity index (χ4n) is 1.01. The summed E-state index contributed by atoms with van der Waals surface area (Å²) in [4.78, 5) is 0. The van der Waals surface area contributed by atoms with E-state index in [1.54, 1.807) is 11.8 Å². The smallest absolute Gasteiger partial charge is 0.190 e. The van der Waals surface area contributed by atoms with Gasteiger partial charge in [0.15, 0.2) is 5.71 Å². The maximum absolute atomic E-state index is 5.85. The van der Waals surface area contributed by atoms with Gasteiger partial charge in [0, 0.05) is 5.56 Å². The second-order valence-electron chi connectivity index (χ2n) is 2.82. The van der Waals surface area contributed by atoms with Gasteiger partial charge >= 0.3 is 0 Å². The lowest BCUT2D eigenvalue weighted by atomic mass is 10.1. The van der Waals surface area contributed by atoms with Crippen molar-refractivity contribution < 1.29 is 5.41 Å². The molecule has 2 N–H and O–H groups in total. The standard InChI is InChI=1S/C10H13NS/c1-8-3-5-9(6-4-8)10(11)7-12-2/h3-6,11H,7H2,1-2H3/p+1. The normalized spacial score (nSPS) is 9.83. The van der Waals surface area contributed by atoms with Crippen molar-refractivity contribution in [1.29, 1.82) is 0 Å². The molecule has 0 saturated carbocycles. The Balaban J connectivity index is 2.75. The molecule has 1 aromatic rings. The molecule has 0 aliphatic heterocycles. The van der Waals surface area contributed by atoms with Crippen molar-refractivity contribution in [3.05, 3.63) is 35.4 Å². The summed E-state index contributed by atoms with van der Waals surface area (Å²) in [6.45, 7) is 2.08. The van der Waals surface area contributed by atoms with Gasteiger partial charge in [-0.1, -0.05) is 17.7 Å². The first-order valence-corrected chi connectivity index (χ1v) is 5.30. The van der Waals surface area contributed by atoms with Gasteiger partial charge in [-0.15, -0.1) is 0 Å². The average molecular weight is 180 g/mol. The van der Waals surface area contributed by atoms with Crippen LogP contribution >= 0.6 is 11.8 Å². The average Bonchev–Trinajstić information content (AvgIpc) is 2.06. The molecule has 0 fully saturated rings. The highest BCUT2D eigenvalue weighted by Gasteiger charge is 2.04. The van der Waals surface area contributed by atoms with Crippen molar-refractivity contribution >= 4 is 17.5 Å². The lowest BCUT2D eigenvalue weighted by Gasteiger charge is -1.97. The van der Waals surface area contributed by atoms with E-state index in [1.807, 2.05) is 0 Å². The lowest BCUT2D eigenvalue weighted by Crippen LogP contribution is -2.41. The minimum atomic E-state index is 0.906. The zero-order chi connectivity index (χ0) is 8.97. The second-order valence-corrected chi connectivity index (χ2v) is 3.69. The first-order valence-electron chi connectivity index (χ1n) is 3.91. The predicted molar refractivity (Wildman–Crippen MR) is 55.6 cm³/mol. The van der Waals surface area contributed by atoms with Crippen molar-refractivity contribution in [2.45, 2.75) is 6.92 Å². The number of aryl methyl sites for hydroxylation is 1. The fourth-order valence-corrected chi connectivity index (χ4v) is 1.48. The van der Waals surface area contributed by atoms with E-state index in [0.29, 0.717) is 0 Å². The van der Waals surface area contributed by atoms with Gasteiger partial charge < -0.3 is 0 Å². The highest BCUT2D eigenvalue weighted by Crippen LogP contribution is 2.04. The van der Waals surface area contributed by atoms with Gasteiger partial charge in [0.2, 0.25) is 0 Å². The molecule has 0 heterocycles. The van der Waals surface area contributed by atoms with E-state index in [0.717, 1.165) is 17.0 Å². The molecule has 0 aromatic heterocycles. The predicted octanol–water partition coefficient (Wildman–Crippen LogP) is 0.906. The quantitative estimate of drug-likeness (QED) is 0.687. The van der Waals surface area contributed by atoms with Crippen LogP contribution in [0.5, 0.6) is 0 Å². The van der Waals surface area contributed by atoms with Crippen LogP contribution in [-0.2, 0) is 0 Å². The molecule has 2 heteroatoms. The van der Waals surface area contributed by atoms with Crippen LogP contribution in [0.2, 0.25) is 0 Å². The summed E-state index contributed by atoms with van der Waals surface area (Å²) >= 11 is 1.75. The van der Waals surface area contributed by atoms with Crippen LogP contribution in [0.15, 0.2) is 24.3 Å². The molecule has 1 aromatic carbocycles. The molecule has 0 saturated heterocycles. The van der Waals surface area contributed by atoms with E-state index in [-0.39, 0.29) is 0 Å². The molecule has 0 spiro atoms. The molecule has 1 nitrogen and oxygen atoms in total. The molecule has 64 valence electrons. The second kappa shape index (κ2) is 4.31. The summed E-state index contributed by atoms with van der Waals surface area (Å²) in [5.41, 5.74) is 3.38. The summed E-state index contributed by atoms with van der Waals surface area (Å²) < 4.78 is 0. The molecule has 1 rings (SSSR count). The molecule has 0 amide bonds. The molecule has 0 aliphatic carbocycles. The Hall–Kier alpha value is -0.760. The highest BCUT2D eigenvalue weighted by molar-refractivity contribution is 7.99. The fraction of sp³-hybridized carbons (Fsp3) is 0.300. The van der Waals surface area contributed by atoms with E-state index >= 15 is 0 Å². The van der Waals surface area contributed by atoms with Crippen molar-refractivity contribution in [3.63, 3.8) is 0 Å². The third-order valence-electron chi connectivity index (χ3n) is 1.72. The van der Waals surface area contributed by atoms with Crippen LogP contribution in [-0.4, -0.2) is 17.7 Å². The third-order valence-corrected chi connectivity index (χ3v) is 2.32. The summed E-state index contributed by atoms with van der Waals surface area (Å²) in [5.74, 6) is 0.906. The van der Waals surface area contributed by atoms with Crippen LogP contribution in [0.1, 0.15) is 11.1 Å². The van der Waals surface area contributed by atoms with E-state index in [2.05, 4.69) is 37.4 Å². The number of thioether (sulfide) groups is 1. The van der Waals surface area contributed by atoms with Gasteiger partial charge in [0.05, 0.1) is 5.75 Å². The van der Waals surface area contributed by atoms with Crippen molar-refractivity contribution in [3.8, 4) is 0 Å². The number of rotatable bonds is 3. The Kier molecular flexibility index (Phi) is 3.35. The van der Waals surface area contributed by atoms with Crippen LogP contribution in [0.3, 0.4) is 0 Å². The zero-order valence-electron chi connectivity index (χ0n) is 7.50. The molecule has 0 atom stereocenters.